The van der Waals surface area contributed by atoms with Crippen LogP contribution in [-0.2, 0) is 6.54 Å². The topological polar surface area (TPSA) is 29.3 Å². The van der Waals surface area contributed by atoms with Crippen molar-refractivity contribution in [1.29, 1.82) is 0 Å². The summed E-state index contributed by atoms with van der Waals surface area (Å²) in [6.07, 6.45) is 3.35. The molecule has 2 nitrogen and oxygen atoms in total. The fraction of sp³-hybridized carbons (Fsp3) is 0.500. The Morgan fingerprint density at radius 1 is 1.50 bits per heavy atom. The third-order valence-corrected chi connectivity index (χ3v) is 3.90. The maximum Gasteiger partial charge on any atom is 0.123 e. The van der Waals surface area contributed by atoms with Gasteiger partial charge in [0.15, 0.2) is 0 Å². The molecule has 2 N–H and O–H groups in total. The van der Waals surface area contributed by atoms with Gasteiger partial charge in [0.25, 0.3) is 0 Å². The van der Waals surface area contributed by atoms with E-state index in [1.54, 1.807) is 6.07 Å². The van der Waals surface area contributed by atoms with Crippen molar-refractivity contribution >= 4 is 17.2 Å². The molecule has 2 rings (SSSR count). The molecule has 1 aliphatic rings. The SMILES string of the molecule is Cc1ccc(F)cc1CN1CCCCC1C(N)=S. The van der Waals surface area contributed by atoms with Gasteiger partial charge >= 0.3 is 0 Å². The van der Waals surface area contributed by atoms with Gasteiger partial charge in [-0.2, -0.15) is 0 Å². The lowest BCUT2D eigenvalue weighted by atomic mass is 10.00. The van der Waals surface area contributed by atoms with Crippen molar-refractivity contribution in [2.75, 3.05) is 6.54 Å². The van der Waals surface area contributed by atoms with E-state index in [1.165, 1.54) is 12.5 Å². The molecule has 0 spiro atoms. The second kappa shape index (κ2) is 5.76. The zero-order valence-corrected chi connectivity index (χ0v) is 11.5. The first-order chi connectivity index (χ1) is 8.58. The molecule has 18 heavy (non-hydrogen) atoms. The van der Waals surface area contributed by atoms with Crippen LogP contribution < -0.4 is 5.73 Å². The van der Waals surface area contributed by atoms with E-state index in [0.29, 0.717) is 4.99 Å². The van der Waals surface area contributed by atoms with Crippen molar-refractivity contribution in [2.45, 2.75) is 38.8 Å². The summed E-state index contributed by atoms with van der Waals surface area (Å²) in [5.74, 6) is -0.181. The van der Waals surface area contributed by atoms with Crippen LogP contribution in [-0.4, -0.2) is 22.5 Å². The van der Waals surface area contributed by atoms with E-state index >= 15 is 0 Å². The average Bonchev–Trinajstić information content (AvgIpc) is 2.34. The van der Waals surface area contributed by atoms with Crippen LogP contribution in [0.2, 0.25) is 0 Å². The Hall–Kier alpha value is -1.00. The second-order valence-corrected chi connectivity index (χ2v) is 5.43. The van der Waals surface area contributed by atoms with E-state index in [0.717, 1.165) is 37.1 Å². The van der Waals surface area contributed by atoms with Crippen LogP contribution in [0.1, 0.15) is 30.4 Å². The molecule has 4 heteroatoms. The van der Waals surface area contributed by atoms with Crippen molar-refractivity contribution in [3.63, 3.8) is 0 Å². The number of likely N-dealkylation sites (tertiary alicyclic amines) is 1. The standard InChI is InChI=1S/C14H19FN2S/c1-10-5-6-12(15)8-11(10)9-17-7-3-2-4-13(17)14(16)18/h5-6,8,13H,2-4,7,9H2,1H3,(H2,16,18). The molecule has 0 aromatic heterocycles. The van der Waals surface area contributed by atoms with Crippen molar-refractivity contribution in [3.8, 4) is 0 Å². The second-order valence-electron chi connectivity index (χ2n) is 4.96. The first kappa shape index (κ1) is 13.4. The van der Waals surface area contributed by atoms with Gasteiger partial charge in [0.2, 0.25) is 0 Å². The molecule has 1 heterocycles. The molecule has 1 aromatic rings. The number of hydrogen-bond donors (Lipinski definition) is 1. The van der Waals surface area contributed by atoms with Gasteiger partial charge in [-0.15, -0.1) is 0 Å². The minimum Gasteiger partial charge on any atom is -0.392 e. The molecular formula is C14H19FN2S. The summed E-state index contributed by atoms with van der Waals surface area (Å²) in [5.41, 5.74) is 7.94. The maximum atomic E-state index is 13.3. The summed E-state index contributed by atoms with van der Waals surface area (Å²) in [7, 11) is 0. The fourth-order valence-corrected chi connectivity index (χ4v) is 2.80. The zero-order chi connectivity index (χ0) is 13.1. The van der Waals surface area contributed by atoms with E-state index < -0.39 is 0 Å². The fourth-order valence-electron chi connectivity index (χ4n) is 2.53. The molecule has 1 aliphatic heterocycles. The molecule has 1 fully saturated rings. The number of thiocarbonyl (C=S) groups is 1. The monoisotopic (exact) mass is 266 g/mol. The van der Waals surface area contributed by atoms with Gasteiger partial charge in [-0.25, -0.2) is 4.39 Å². The Kier molecular flexibility index (Phi) is 4.30. The Bertz CT molecular complexity index is 447. The Labute approximate surface area is 113 Å². The van der Waals surface area contributed by atoms with E-state index in [9.17, 15) is 4.39 Å². The number of nitrogens with zero attached hydrogens (tertiary/aromatic N) is 1. The number of nitrogens with two attached hydrogens (primary N) is 1. The first-order valence-electron chi connectivity index (χ1n) is 6.36. The molecule has 0 bridgehead atoms. The van der Waals surface area contributed by atoms with Crippen LogP contribution >= 0.6 is 12.2 Å². The average molecular weight is 266 g/mol. The molecule has 0 saturated carbocycles. The minimum atomic E-state index is -0.181. The summed E-state index contributed by atoms with van der Waals surface area (Å²) in [5, 5.41) is 0. The van der Waals surface area contributed by atoms with Crippen LogP contribution in [0, 0.1) is 12.7 Å². The van der Waals surface area contributed by atoms with Crippen LogP contribution in [0.4, 0.5) is 4.39 Å². The number of rotatable bonds is 3. The van der Waals surface area contributed by atoms with Crippen molar-refractivity contribution in [1.82, 2.24) is 4.90 Å². The highest BCUT2D eigenvalue weighted by Crippen LogP contribution is 2.21. The quantitative estimate of drug-likeness (QED) is 0.853. The Morgan fingerprint density at radius 3 is 3.00 bits per heavy atom. The van der Waals surface area contributed by atoms with Crippen molar-refractivity contribution in [2.24, 2.45) is 5.73 Å². The molecule has 0 amide bonds. The lowest BCUT2D eigenvalue weighted by molar-refractivity contribution is 0.184. The lowest BCUT2D eigenvalue weighted by Crippen LogP contribution is -2.46. The highest BCUT2D eigenvalue weighted by Gasteiger charge is 2.24. The highest BCUT2D eigenvalue weighted by molar-refractivity contribution is 7.80. The molecule has 1 atom stereocenters. The maximum absolute atomic E-state index is 13.3. The van der Waals surface area contributed by atoms with E-state index in [2.05, 4.69) is 4.90 Å². The zero-order valence-electron chi connectivity index (χ0n) is 10.7. The smallest absolute Gasteiger partial charge is 0.123 e. The summed E-state index contributed by atoms with van der Waals surface area (Å²) in [4.78, 5) is 2.83. The largest absolute Gasteiger partial charge is 0.392 e. The van der Waals surface area contributed by atoms with Gasteiger partial charge in [0, 0.05) is 6.54 Å². The predicted octanol–water partition coefficient (Wildman–Crippen LogP) is 2.77. The summed E-state index contributed by atoms with van der Waals surface area (Å²) < 4.78 is 13.3. The third kappa shape index (κ3) is 3.06. The summed E-state index contributed by atoms with van der Waals surface area (Å²) in [6.45, 7) is 3.72. The molecule has 98 valence electrons. The number of aryl methyl sites for hydroxylation is 1. The summed E-state index contributed by atoms with van der Waals surface area (Å²) >= 11 is 5.13. The van der Waals surface area contributed by atoms with Crippen LogP contribution in [0.25, 0.3) is 0 Å². The van der Waals surface area contributed by atoms with E-state index in [-0.39, 0.29) is 11.9 Å². The van der Waals surface area contributed by atoms with Gasteiger partial charge in [-0.1, -0.05) is 24.7 Å². The lowest BCUT2D eigenvalue weighted by Gasteiger charge is -2.35. The summed E-state index contributed by atoms with van der Waals surface area (Å²) in [6, 6.07) is 5.10. The van der Waals surface area contributed by atoms with Crippen LogP contribution in [0.15, 0.2) is 18.2 Å². The van der Waals surface area contributed by atoms with Crippen molar-refractivity contribution in [3.05, 3.63) is 35.1 Å². The van der Waals surface area contributed by atoms with Crippen LogP contribution in [0.3, 0.4) is 0 Å². The molecule has 1 saturated heterocycles. The molecular weight excluding hydrogens is 247 g/mol. The number of halogens is 1. The predicted molar refractivity (Wildman–Crippen MR) is 76.0 cm³/mol. The van der Waals surface area contributed by atoms with E-state index in [1.807, 2.05) is 13.0 Å². The molecule has 0 radical (unpaired) electrons. The minimum absolute atomic E-state index is 0.163. The van der Waals surface area contributed by atoms with Crippen molar-refractivity contribution < 1.29 is 4.39 Å². The van der Waals surface area contributed by atoms with Gasteiger partial charge in [-0.3, -0.25) is 4.90 Å². The van der Waals surface area contributed by atoms with Gasteiger partial charge in [0.05, 0.1) is 11.0 Å². The Morgan fingerprint density at radius 2 is 2.28 bits per heavy atom. The molecule has 0 aliphatic carbocycles. The molecule has 1 unspecified atom stereocenters. The van der Waals surface area contributed by atoms with Gasteiger partial charge < -0.3 is 5.73 Å². The first-order valence-corrected chi connectivity index (χ1v) is 6.77. The number of hydrogen-bond acceptors (Lipinski definition) is 2. The Balaban J connectivity index is 2.15. The highest BCUT2D eigenvalue weighted by atomic mass is 32.1. The van der Waals surface area contributed by atoms with E-state index in [4.69, 9.17) is 18.0 Å². The van der Waals surface area contributed by atoms with Gasteiger partial charge in [0.1, 0.15) is 5.82 Å². The van der Waals surface area contributed by atoms with Gasteiger partial charge in [-0.05, 0) is 49.6 Å². The van der Waals surface area contributed by atoms with Crippen LogP contribution in [0.5, 0.6) is 0 Å². The molecule has 1 aromatic carbocycles. The normalized spacial score (nSPS) is 20.9. The number of piperidine rings is 1. The number of benzene rings is 1. The third-order valence-electron chi connectivity index (χ3n) is 3.63.